The summed E-state index contributed by atoms with van der Waals surface area (Å²) in [4.78, 5) is 0. The van der Waals surface area contributed by atoms with Crippen LogP contribution in [-0.2, 0) is 0 Å². The Morgan fingerprint density at radius 1 is 0.351 bits per heavy atom. The maximum atomic E-state index is 2.37. The first-order chi connectivity index (χ1) is 18.3. The molecule has 0 atom stereocenters. The summed E-state index contributed by atoms with van der Waals surface area (Å²) in [5, 5.41) is 13.6. The minimum absolute atomic E-state index is 1.28. The molecule has 0 amide bonds. The predicted molar refractivity (Wildman–Crippen MR) is 160 cm³/mol. The molecule has 0 radical (unpaired) electrons. The van der Waals surface area contributed by atoms with Gasteiger partial charge >= 0.3 is 0 Å². The third-order valence-corrected chi connectivity index (χ3v) is 8.66. The molecule has 0 unspecified atom stereocenters. The van der Waals surface area contributed by atoms with Crippen LogP contribution in [0.1, 0.15) is 5.56 Å². The molecule has 8 aromatic rings. The van der Waals surface area contributed by atoms with Gasteiger partial charge in [0.2, 0.25) is 0 Å². The Morgan fingerprint density at radius 3 is 1.78 bits per heavy atom. The molecule has 9 rings (SSSR count). The Labute approximate surface area is 214 Å². The summed E-state index contributed by atoms with van der Waals surface area (Å²) in [5.41, 5.74) is 9.45. The third-order valence-electron chi connectivity index (χ3n) is 8.66. The van der Waals surface area contributed by atoms with Crippen molar-refractivity contribution in [2.75, 3.05) is 0 Å². The van der Waals surface area contributed by atoms with Gasteiger partial charge in [-0.1, -0.05) is 115 Å². The predicted octanol–water partition coefficient (Wildman–Crippen LogP) is 10.5. The van der Waals surface area contributed by atoms with E-state index in [9.17, 15) is 0 Å². The zero-order valence-electron chi connectivity index (χ0n) is 20.5. The highest BCUT2D eigenvalue weighted by Gasteiger charge is 2.30. The molecular weight excluding hydrogens is 444 g/mol. The van der Waals surface area contributed by atoms with Gasteiger partial charge in [0.25, 0.3) is 0 Å². The second-order valence-corrected chi connectivity index (χ2v) is 10.5. The molecular formula is C37H22. The second-order valence-electron chi connectivity index (χ2n) is 10.5. The van der Waals surface area contributed by atoms with Gasteiger partial charge in [-0.15, -0.1) is 0 Å². The SMILES string of the molecule is Cc1ccc2c3c4c(c(-c5ccccc5)c5cccc(c6cccc1c62)c53)-c1cccc2cccc-4c12. The molecule has 0 heterocycles. The summed E-state index contributed by atoms with van der Waals surface area (Å²) in [6.07, 6.45) is 0. The van der Waals surface area contributed by atoms with Gasteiger partial charge in [-0.05, 0) is 99.7 Å². The van der Waals surface area contributed by atoms with E-state index in [4.69, 9.17) is 0 Å². The fourth-order valence-electron chi connectivity index (χ4n) is 7.22. The molecule has 1 aliphatic carbocycles. The number of hydrogen-bond acceptors (Lipinski definition) is 0. The maximum absolute atomic E-state index is 2.37. The smallest absolute Gasteiger partial charge is 0.000697 e. The molecule has 0 nitrogen and oxygen atoms in total. The number of rotatable bonds is 1. The first kappa shape index (κ1) is 19.5. The van der Waals surface area contributed by atoms with Crippen LogP contribution in [0.5, 0.6) is 0 Å². The average Bonchev–Trinajstić information content (AvgIpc) is 3.28. The van der Waals surface area contributed by atoms with E-state index in [0.717, 1.165) is 0 Å². The normalized spacial score (nSPS) is 12.5. The van der Waals surface area contributed by atoms with E-state index in [2.05, 4.69) is 122 Å². The monoisotopic (exact) mass is 466 g/mol. The van der Waals surface area contributed by atoms with Crippen molar-refractivity contribution in [2.45, 2.75) is 6.92 Å². The van der Waals surface area contributed by atoms with E-state index in [-0.39, 0.29) is 0 Å². The zero-order chi connectivity index (χ0) is 24.2. The lowest BCUT2D eigenvalue weighted by Gasteiger charge is -2.22. The number of fused-ring (bicyclic) bond motifs is 6. The second kappa shape index (κ2) is 6.75. The van der Waals surface area contributed by atoms with Crippen LogP contribution in [0.15, 0.2) is 115 Å². The van der Waals surface area contributed by atoms with Crippen LogP contribution in [0.3, 0.4) is 0 Å². The van der Waals surface area contributed by atoms with Crippen LogP contribution in [0.2, 0.25) is 0 Å². The minimum Gasteiger partial charge on any atom is -0.0622 e. The van der Waals surface area contributed by atoms with Crippen LogP contribution in [-0.4, -0.2) is 0 Å². The highest BCUT2D eigenvalue weighted by molar-refractivity contribution is 6.41. The van der Waals surface area contributed by atoms with Gasteiger partial charge in [0.1, 0.15) is 0 Å². The van der Waals surface area contributed by atoms with Crippen molar-refractivity contribution >= 4 is 53.9 Å². The van der Waals surface area contributed by atoms with Gasteiger partial charge in [0.05, 0.1) is 0 Å². The highest BCUT2D eigenvalue weighted by Crippen LogP contribution is 2.58. The Kier molecular flexibility index (Phi) is 3.56. The Balaban J connectivity index is 1.68. The van der Waals surface area contributed by atoms with Crippen LogP contribution < -0.4 is 0 Å². The fraction of sp³-hybridized carbons (Fsp3) is 0.0270. The van der Waals surface area contributed by atoms with E-state index in [1.807, 2.05) is 0 Å². The molecule has 0 spiro atoms. The Bertz CT molecular complexity index is 2230. The molecule has 0 fully saturated rings. The van der Waals surface area contributed by atoms with Gasteiger partial charge in [0.15, 0.2) is 0 Å². The summed E-state index contributed by atoms with van der Waals surface area (Å²) < 4.78 is 0. The van der Waals surface area contributed by atoms with Crippen molar-refractivity contribution in [2.24, 2.45) is 0 Å². The Hall–Kier alpha value is -4.68. The largest absolute Gasteiger partial charge is 0.0622 e. The molecule has 37 heavy (non-hydrogen) atoms. The van der Waals surface area contributed by atoms with Crippen molar-refractivity contribution in [3.63, 3.8) is 0 Å². The van der Waals surface area contributed by atoms with E-state index in [1.165, 1.54) is 92.8 Å². The first-order valence-electron chi connectivity index (χ1n) is 13.0. The van der Waals surface area contributed by atoms with E-state index in [0.29, 0.717) is 0 Å². The van der Waals surface area contributed by atoms with Gasteiger partial charge in [-0.25, -0.2) is 0 Å². The number of hydrogen-bond donors (Lipinski definition) is 0. The lowest BCUT2D eigenvalue weighted by atomic mass is 9.80. The summed E-state index contributed by atoms with van der Waals surface area (Å²) in [5.74, 6) is 0. The molecule has 0 aliphatic heterocycles. The van der Waals surface area contributed by atoms with Gasteiger partial charge in [-0.3, -0.25) is 0 Å². The van der Waals surface area contributed by atoms with Crippen molar-refractivity contribution in [1.29, 1.82) is 0 Å². The molecule has 1 aliphatic rings. The number of benzene rings is 8. The highest BCUT2D eigenvalue weighted by atomic mass is 14.3. The van der Waals surface area contributed by atoms with Crippen LogP contribution in [0.25, 0.3) is 87.2 Å². The van der Waals surface area contributed by atoms with Gasteiger partial charge in [-0.2, -0.15) is 0 Å². The summed E-state index contributed by atoms with van der Waals surface area (Å²) in [6, 6.07) is 43.0. The standard InChI is InChI=1S/C37H22/c1-21-19-20-30-33-24(21)13-7-14-25(33)26-15-8-18-29-32(23-9-3-2-4-10-23)35-27-16-5-11-22-12-6-17-28(31(22)27)37(35)36(30)34(26)29/h2-20H,1H3. The Morgan fingerprint density at radius 2 is 1.00 bits per heavy atom. The molecule has 0 bridgehead atoms. The summed E-state index contributed by atoms with van der Waals surface area (Å²) in [7, 11) is 0. The van der Waals surface area contributed by atoms with Gasteiger partial charge in [0, 0.05) is 0 Å². The van der Waals surface area contributed by atoms with Crippen LogP contribution in [0.4, 0.5) is 0 Å². The zero-order valence-corrected chi connectivity index (χ0v) is 20.5. The van der Waals surface area contributed by atoms with E-state index >= 15 is 0 Å². The van der Waals surface area contributed by atoms with E-state index in [1.54, 1.807) is 0 Å². The fourth-order valence-corrected chi connectivity index (χ4v) is 7.22. The maximum Gasteiger partial charge on any atom is -0.000697 e. The number of aryl methyl sites for hydroxylation is 1. The van der Waals surface area contributed by atoms with Crippen molar-refractivity contribution in [1.82, 2.24) is 0 Å². The van der Waals surface area contributed by atoms with Crippen molar-refractivity contribution < 1.29 is 0 Å². The molecule has 170 valence electrons. The van der Waals surface area contributed by atoms with E-state index < -0.39 is 0 Å². The van der Waals surface area contributed by atoms with Gasteiger partial charge < -0.3 is 0 Å². The summed E-state index contributed by atoms with van der Waals surface area (Å²) >= 11 is 0. The molecule has 0 aromatic heterocycles. The van der Waals surface area contributed by atoms with Crippen LogP contribution >= 0.6 is 0 Å². The van der Waals surface area contributed by atoms with Crippen molar-refractivity contribution in [3.05, 3.63) is 121 Å². The third kappa shape index (κ3) is 2.29. The lowest BCUT2D eigenvalue weighted by molar-refractivity contribution is 1.55. The van der Waals surface area contributed by atoms with Crippen LogP contribution in [0, 0.1) is 6.92 Å². The first-order valence-corrected chi connectivity index (χ1v) is 13.0. The summed E-state index contributed by atoms with van der Waals surface area (Å²) in [6.45, 7) is 2.23. The molecule has 0 heteroatoms. The topological polar surface area (TPSA) is 0 Å². The molecule has 0 saturated heterocycles. The molecule has 0 saturated carbocycles. The molecule has 8 aromatic carbocycles. The lowest BCUT2D eigenvalue weighted by Crippen LogP contribution is -1.94. The molecule has 0 N–H and O–H groups in total. The quantitative estimate of drug-likeness (QED) is 0.167. The van der Waals surface area contributed by atoms with Crippen molar-refractivity contribution in [3.8, 4) is 33.4 Å². The minimum atomic E-state index is 1.28. The average molecular weight is 467 g/mol.